The Balaban J connectivity index is 1.51. The molecule has 0 aromatic heterocycles. The Bertz CT molecular complexity index is 650. The molecule has 0 spiro atoms. The molecule has 0 amide bonds. The van der Waals surface area contributed by atoms with Crippen molar-refractivity contribution in [2.24, 2.45) is 0 Å². The summed E-state index contributed by atoms with van der Waals surface area (Å²) in [5, 5.41) is 3.42. The predicted octanol–water partition coefficient (Wildman–Crippen LogP) is 4.59. The minimum Gasteiger partial charge on any atom is -0.461 e. The van der Waals surface area contributed by atoms with E-state index in [0.717, 1.165) is 31.5 Å². The van der Waals surface area contributed by atoms with Crippen molar-refractivity contribution in [3.8, 4) is 0 Å². The van der Waals surface area contributed by atoms with Crippen molar-refractivity contribution in [3.63, 3.8) is 0 Å². The first kappa shape index (κ1) is 18.9. The first-order valence-corrected chi connectivity index (χ1v) is 8.86. The highest BCUT2D eigenvalue weighted by atomic mass is 16.5. The van der Waals surface area contributed by atoms with Crippen LogP contribution in [0.1, 0.15) is 37.3 Å². The van der Waals surface area contributed by atoms with Crippen LogP contribution in [-0.2, 0) is 16.1 Å². The van der Waals surface area contributed by atoms with Gasteiger partial charge in [-0.1, -0.05) is 72.3 Å². The van der Waals surface area contributed by atoms with Gasteiger partial charge in [-0.2, -0.15) is 0 Å². The summed E-state index contributed by atoms with van der Waals surface area (Å²) in [4.78, 5) is 11.7. The van der Waals surface area contributed by atoms with Crippen LogP contribution in [-0.4, -0.2) is 19.1 Å². The van der Waals surface area contributed by atoms with E-state index >= 15 is 0 Å². The van der Waals surface area contributed by atoms with Crippen molar-refractivity contribution in [3.05, 3.63) is 77.4 Å². The molecular weight excluding hydrogens is 310 g/mol. The van der Waals surface area contributed by atoms with E-state index in [2.05, 4.69) is 30.4 Å². The largest absolute Gasteiger partial charge is 0.461 e. The van der Waals surface area contributed by atoms with E-state index in [4.69, 9.17) is 4.74 Å². The fraction of sp³-hybridized carbons (Fsp3) is 0.318. The molecule has 2 aromatic rings. The lowest BCUT2D eigenvalue weighted by Gasteiger charge is -2.06. The quantitative estimate of drug-likeness (QED) is 0.509. The highest BCUT2D eigenvalue weighted by molar-refractivity contribution is 5.69. The molecule has 0 aliphatic carbocycles. The molecule has 2 aromatic carbocycles. The molecule has 0 unspecified atom stereocenters. The molecule has 0 saturated carbocycles. The molecule has 0 atom stereocenters. The zero-order chi connectivity index (χ0) is 17.7. The topological polar surface area (TPSA) is 38.3 Å². The Morgan fingerprint density at radius 2 is 1.68 bits per heavy atom. The number of hydrogen-bond donors (Lipinski definition) is 1. The maximum atomic E-state index is 11.7. The van der Waals surface area contributed by atoms with Crippen molar-refractivity contribution in [2.75, 3.05) is 13.1 Å². The lowest BCUT2D eigenvalue weighted by Crippen LogP contribution is -2.17. The van der Waals surface area contributed by atoms with Crippen LogP contribution in [0.2, 0.25) is 0 Å². The van der Waals surface area contributed by atoms with Crippen LogP contribution >= 0.6 is 0 Å². The lowest BCUT2D eigenvalue weighted by molar-refractivity contribution is -0.145. The summed E-state index contributed by atoms with van der Waals surface area (Å²) in [7, 11) is 0. The third-order valence-electron chi connectivity index (χ3n) is 3.84. The monoisotopic (exact) mass is 337 g/mol. The molecule has 1 N–H and O–H groups in total. The van der Waals surface area contributed by atoms with Gasteiger partial charge in [-0.25, -0.2) is 0 Å². The van der Waals surface area contributed by atoms with Crippen LogP contribution in [0.5, 0.6) is 0 Å². The number of hydrogen-bond acceptors (Lipinski definition) is 3. The van der Waals surface area contributed by atoms with Crippen molar-refractivity contribution < 1.29 is 9.53 Å². The molecule has 2 rings (SSSR count). The van der Waals surface area contributed by atoms with Gasteiger partial charge in [0.15, 0.2) is 0 Å². The van der Waals surface area contributed by atoms with E-state index in [1.54, 1.807) is 0 Å². The van der Waals surface area contributed by atoms with Gasteiger partial charge in [0.25, 0.3) is 0 Å². The minimum absolute atomic E-state index is 0.121. The van der Waals surface area contributed by atoms with Gasteiger partial charge in [0.1, 0.15) is 6.61 Å². The van der Waals surface area contributed by atoms with E-state index in [1.807, 2.05) is 48.5 Å². The number of carbonyl (C=O) groups is 1. The number of esters is 1. The fourth-order valence-corrected chi connectivity index (χ4v) is 2.50. The molecule has 0 radical (unpaired) electrons. The van der Waals surface area contributed by atoms with E-state index in [1.165, 1.54) is 11.1 Å². The number of unbranched alkanes of at least 4 members (excludes halogenated alkanes) is 1. The third kappa shape index (κ3) is 8.32. The maximum absolute atomic E-state index is 11.7. The Morgan fingerprint density at radius 3 is 2.40 bits per heavy atom. The van der Waals surface area contributed by atoms with E-state index in [9.17, 15) is 4.79 Å². The van der Waals surface area contributed by atoms with Gasteiger partial charge < -0.3 is 10.1 Å². The van der Waals surface area contributed by atoms with Crippen molar-refractivity contribution in [1.82, 2.24) is 5.32 Å². The van der Waals surface area contributed by atoms with Gasteiger partial charge in [0.2, 0.25) is 0 Å². The normalized spacial score (nSPS) is 11.3. The van der Waals surface area contributed by atoms with Crippen molar-refractivity contribution in [1.29, 1.82) is 0 Å². The molecule has 25 heavy (non-hydrogen) atoms. The third-order valence-corrected chi connectivity index (χ3v) is 3.84. The number of rotatable bonds is 10. The first-order chi connectivity index (χ1) is 12.2. The number of benzene rings is 2. The van der Waals surface area contributed by atoms with Crippen LogP contribution < -0.4 is 5.32 Å². The average molecular weight is 337 g/mol. The number of carbonyl (C=O) groups excluding carboxylic acids is 1. The SMILES string of the molecule is CC(=Cc1ccccc1)CNCCCCC(=O)OCc1ccccc1. The fourth-order valence-electron chi connectivity index (χ4n) is 2.50. The van der Waals surface area contributed by atoms with Gasteiger partial charge in [-0.15, -0.1) is 0 Å². The molecule has 3 nitrogen and oxygen atoms in total. The Kier molecular flexibility index (Phi) is 8.50. The summed E-state index contributed by atoms with van der Waals surface area (Å²) in [6.45, 7) is 4.27. The number of nitrogens with one attached hydrogen (secondary N) is 1. The maximum Gasteiger partial charge on any atom is 0.306 e. The van der Waals surface area contributed by atoms with Gasteiger partial charge in [0.05, 0.1) is 0 Å². The molecule has 3 heteroatoms. The van der Waals surface area contributed by atoms with Gasteiger partial charge in [-0.3, -0.25) is 4.79 Å². The Labute approximate surface area is 150 Å². The highest BCUT2D eigenvalue weighted by Gasteiger charge is 2.03. The molecular formula is C22H27NO2. The van der Waals surface area contributed by atoms with Crippen LogP contribution in [0.4, 0.5) is 0 Å². The van der Waals surface area contributed by atoms with Crippen molar-refractivity contribution >= 4 is 12.0 Å². The second-order valence-corrected chi connectivity index (χ2v) is 6.18. The zero-order valence-electron chi connectivity index (χ0n) is 14.9. The summed E-state index contributed by atoms with van der Waals surface area (Å²) < 4.78 is 5.27. The summed E-state index contributed by atoms with van der Waals surface area (Å²) in [6, 6.07) is 20.1. The smallest absolute Gasteiger partial charge is 0.306 e. The molecule has 0 fully saturated rings. The molecule has 0 saturated heterocycles. The van der Waals surface area contributed by atoms with Gasteiger partial charge in [-0.05, 0) is 37.4 Å². The summed E-state index contributed by atoms with van der Waals surface area (Å²) in [5.41, 5.74) is 3.55. The molecule has 132 valence electrons. The molecule has 0 bridgehead atoms. The standard InChI is InChI=1S/C22H27NO2/c1-19(16-20-10-4-2-5-11-20)17-23-15-9-8-14-22(24)25-18-21-12-6-3-7-13-21/h2-7,10-13,16,23H,8-9,14-15,17-18H2,1H3. The van der Waals surface area contributed by atoms with Crippen LogP contribution in [0.15, 0.2) is 66.2 Å². The number of ether oxygens (including phenoxy) is 1. The van der Waals surface area contributed by atoms with E-state index in [-0.39, 0.29) is 5.97 Å². The Morgan fingerprint density at radius 1 is 1.00 bits per heavy atom. The van der Waals surface area contributed by atoms with Crippen LogP contribution in [0.25, 0.3) is 6.08 Å². The summed E-state index contributed by atoms with van der Waals surface area (Å²) >= 11 is 0. The van der Waals surface area contributed by atoms with Gasteiger partial charge >= 0.3 is 5.97 Å². The van der Waals surface area contributed by atoms with E-state index < -0.39 is 0 Å². The lowest BCUT2D eigenvalue weighted by atomic mass is 10.1. The van der Waals surface area contributed by atoms with Gasteiger partial charge in [0, 0.05) is 13.0 Å². The second kappa shape index (κ2) is 11.2. The van der Waals surface area contributed by atoms with Crippen molar-refractivity contribution in [2.45, 2.75) is 32.8 Å². The van der Waals surface area contributed by atoms with Crippen LogP contribution in [0, 0.1) is 0 Å². The molecule has 0 heterocycles. The predicted molar refractivity (Wildman–Crippen MR) is 103 cm³/mol. The zero-order valence-corrected chi connectivity index (χ0v) is 14.9. The minimum atomic E-state index is -0.121. The van der Waals surface area contributed by atoms with Crippen LogP contribution in [0.3, 0.4) is 0 Å². The molecule has 0 aliphatic heterocycles. The Hall–Kier alpha value is -2.39. The molecule has 0 aliphatic rings. The first-order valence-electron chi connectivity index (χ1n) is 8.86. The van der Waals surface area contributed by atoms with E-state index in [0.29, 0.717) is 13.0 Å². The average Bonchev–Trinajstić information content (AvgIpc) is 2.64. The second-order valence-electron chi connectivity index (χ2n) is 6.18. The summed E-state index contributed by atoms with van der Waals surface area (Å²) in [5.74, 6) is -0.121. The summed E-state index contributed by atoms with van der Waals surface area (Å²) in [6.07, 6.45) is 4.49. The highest BCUT2D eigenvalue weighted by Crippen LogP contribution is 2.06.